The Bertz CT molecular complexity index is 1450. The number of nitrogens with one attached hydrogen (secondary N) is 1. The van der Waals surface area contributed by atoms with Crippen molar-refractivity contribution in [1.29, 1.82) is 0 Å². The third-order valence-electron chi connectivity index (χ3n) is 6.25. The minimum Gasteiger partial charge on any atom is -0.459 e. The van der Waals surface area contributed by atoms with Crippen LogP contribution >= 0.6 is 11.3 Å². The number of carbonyl (C=O) groups excluding carboxylic acids is 2. The van der Waals surface area contributed by atoms with E-state index in [2.05, 4.69) is 15.5 Å². The number of esters is 1. The molecule has 2 atom stereocenters. The van der Waals surface area contributed by atoms with Crippen LogP contribution in [0.4, 0.5) is 9.52 Å². The van der Waals surface area contributed by atoms with E-state index < -0.39 is 32.9 Å². The largest absolute Gasteiger partial charge is 0.459 e. The van der Waals surface area contributed by atoms with Gasteiger partial charge in [0.05, 0.1) is 21.9 Å². The Hall–Kier alpha value is -3.64. The molecule has 0 radical (unpaired) electrons. The van der Waals surface area contributed by atoms with Crippen molar-refractivity contribution in [2.75, 3.05) is 5.32 Å². The number of benzene rings is 2. The molecule has 12 heteroatoms. The molecule has 0 aliphatic heterocycles. The maximum atomic E-state index is 13.4. The highest BCUT2D eigenvalue weighted by Crippen LogP contribution is 2.33. The summed E-state index contributed by atoms with van der Waals surface area (Å²) in [5, 5.41) is 5.70. The molecule has 1 aromatic heterocycles. The zero-order valence-electron chi connectivity index (χ0n) is 20.1. The van der Waals surface area contributed by atoms with E-state index in [1.165, 1.54) is 24.3 Å². The molecule has 2 aliphatic rings. The number of halogens is 1. The second-order valence-corrected chi connectivity index (χ2v) is 12.3. The second kappa shape index (κ2) is 11.0. The number of thiazole rings is 1. The Balaban J connectivity index is 1.29. The van der Waals surface area contributed by atoms with Crippen molar-refractivity contribution >= 4 is 43.9 Å². The number of nitrogens with zero attached hydrogens (tertiary/aromatic N) is 2. The maximum Gasteiger partial charge on any atom is 0.338 e. The van der Waals surface area contributed by atoms with Gasteiger partial charge >= 0.3 is 5.97 Å². The summed E-state index contributed by atoms with van der Waals surface area (Å²) in [6.07, 6.45) is 3.03. The van der Waals surface area contributed by atoms with Gasteiger partial charge in [0.15, 0.2) is 25.8 Å². The van der Waals surface area contributed by atoms with Gasteiger partial charge in [-0.25, -0.2) is 18.2 Å². The smallest absolute Gasteiger partial charge is 0.338 e. The van der Waals surface area contributed by atoms with Gasteiger partial charge in [0.25, 0.3) is 5.91 Å². The first kappa shape index (κ1) is 26.0. The van der Waals surface area contributed by atoms with Gasteiger partial charge in [0, 0.05) is 12.0 Å². The maximum absolute atomic E-state index is 13.4. The first-order valence-corrected chi connectivity index (χ1v) is 14.4. The average molecular weight is 558 g/mol. The fraction of sp³-hybridized carbons (Fsp3) is 0.308. The Labute approximate surface area is 222 Å². The third kappa shape index (κ3) is 6.08. The first-order valence-electron chi connectivity index (χ1n) is 12.1. The van der Waals surface area contributed by atoms with Crippen molar-refractivity contribution in [1.82, 2.24) is 4.98 Å². The molecule has 1 heterocycles. The predicted octanol–water partition coefficient (Wildman–Crippen LogP) is 4.36. The van der Waals surface area contributed by atoms with Crippen LogP contribution in [0.25, 0.3) is 0 Å². The van der Waals surface area contributed by atoms with Crippen LogP contribution in [-0.2, 0) is 24.2 Å². The lowest BCUT2D eigenvalue weighted by atomic mass is 10.1. The van der Waals surface area contributed by atoms with E-state index in [0.29, 0.717) is 54.6 Å². The lowest BCUT2D eigenvalue weighted by Gasteiger charge is -2.13. The SMILES string of the molecule is O=C(Nc1ncc(F)s1)C(=NO[C@@H]1CC[C@H](OC(=O)c2ccccc2)C1)c1ccc(S(=O)(=O)C2CC2)cc1. The van der Waals surface area contributed by atoms with Gasteiger partial charge in [0.1, 0.15) is 12.2 Å². The van der Waals surface area contributed by atoms with E-state index >= 15 is 0 Å². The number of hydrogen-bond donors (Lipinski definition) is 1. The fourth-order valence-corrected chi connectivity index (χ4v) is 6.29. The summed E-state index contributed by atoms with van der Waals surface area (Å²) in [6.45, 7) is 0. The number of ether oxygens (including phenoxy) is 1. The number of rotatable bonds is 9. The fourth-order valence-electron chi connectivity index (χ4n) is 4.09. The van der Waals surface area contributed by atoms with Gasteiger partial charge in [-0.1, -0.05) is 46.8 Å². The minimum absolute atomic E-state index is 0.0434. The highest BCUT2D eigenvalue weighted by molar-refractivity contribution is 7.92. The quantitative estimate of drug-likeness (QED) is 0.236. The van der Waals surface area contributed by atoms with E-state index in [1.54, 1.807) is 24.3 Å². The summed E-state index contributed by atoms with van der Waals surface area (Å²) in [7, 11) is -3.40. The Morgan fingerprint density at radius 1 is 0.974 bits per heavy atom. The van der Waals surface area contributed by atoms with Gasteiger partial charge in [-0.2, -0.15) is 4.39 Å². The van der Waals surface area contributed by atoms with Crippen LogP contribution in [0.2, 0.25) is 0 Å². The number of anilines is 1. The van der Waals surface area contributed by atoms with Crippen molar-refractivity contribution in [3.05, 3.63) is 77.1 Å². The normalized spacial score (nSPS) is 19.7. The van der Waals surface area contributed by atoms with Crippen LogP contribution in [0.15, 0.2) is 70.8 Å². The van der Waals surface area contributed by atoms with Crippen molar-refractivity contribution < 1.29 is 32.0 Å². The zero-order chi connectivity index (χ0) is 26.7. The van der Waals surface area contributed by atoms with Crippen LogP contribution in [-0.4, -0.2) is 48.4 Å². The number of sulfone groups is 1. The molecule has 3 aromatic rings. The van der Waals surface area contributed by atoms with Crippen LogP contribution in [0, 0.1) is 5.13 Å². The van der Waals surface area contributed by atoms with Crippen molar-refractivity contribution in [3.8, 4) is 0 Å². The van der Waals surface area contributed by atoms with Gasteiger partial charge in [-0.05, 0) is 49.9 Å². The molecule has 5 rings (SSSR count). The summed E-state index contributed by atoms with van der Waals surface area (Å²) in [5.41, 5.74) is 0.652. The van der Waals surface area contributed by atoms with Crippen molar-refractivity contribution in [3.63, 3.8) is 0 Å². The molecule has 38 heavy (non-hydrogen) atoms. The molecule has 1 amide bonds. The molecular weight excluding hydrogens is 533 g/mol. The third-order valence-corrected chi connectivity index (χ3v) is 9.22. The summed E-state index contributed by atoms with van der Waals surface area (Å²) >= 11 is 0.659. The van der Waals surface area contributed by atoms with Crippen LogP contribution in [0.1, 0.15) is 48.0 Å². The summed E-state index contributed by atoms with van der Waals surface area (Å²) < 4.78 is 44.0. The Kier molecular flexibility index (Phi) is 7.52. The molecule has 0 bridgehead atoms. The lowest BCUT2D eigenvalue weighted by molar-refractivity contribution is -0.110. The van der Waals surface area contributed by atoms with Gasteiger partial charge < -0.3 is 9.57 Å². The monoisotopic (exact) mass is 557 g/mol. The summed E-state index contributed by atoms with van der Waals surface area (Å²) in [4.78, 5) is 35.0. The highest BCUT2D eigenvalue weighted by atomic mass is 32.2. The molecule has 2 aromatic carbocycles. The minimum atomic E-state index is -3.40. The van der Waals surface area contributed by atoms with Gasteiger partial charge in [-0.15, -0.1) is 0 Å². The molecule has 2 aliphatic carbocycles. The highest BCUT2D eigenvalue weighted by Gasteiger charge is 2.37. The van der Waals surface area contributed by atoms with E-state index in [4.69, 9.17) is 9.57 Å². The standard InChI is InChI=1S/C26H24FN3O6S2/c27-22-15-28-26(37-22)29-24(31)23(16-6-10-20(11-7-16)38(33,34)21-12-13-21)30-36-19-9-8-18(14-19)35-25(32)17-4-2-1-3-5-17/h1-7,10-11,15,18-19,21H,8-9,12-14H2,(H,28,29,31)/t18-,19+/m0/s1. The second-order valence-electron chi connectivity index (χ2n) is 9.07. The summed E-state index contributed by atoms with van der Waals surface area (Å²) in [5.74, 6) is -1.11. The summed E-state index contributed by atoms with van der Waals surface area (Å²) in [6, 6.07) is 14.5. The molecule has 2 saturated carbocycles. The Morgan fingerprint density at radius 2 is 1.68 bits per heavy atom. The predicted molar refractivity (Wildman–Crippen MR) is 138 cm³/mol. The van der Waals surface area contributed by atoms with Crippen LogP contribution < -0.4 is 5.32 Å². The number of hydrogen-bond acceptors (Lipinski definition) is 9. The van der Waals surface area contributed by atoms with Gasteiger partial charge in [-0.3, -0.25) is 10.1 Å². The molecule has 0 spiro atoms. The van der Waals surface area contributed by atoms with Crippen molar-refractivity contribution in [2.24, 2.45) is 5.16 Å². The van der Waals surface area contributed by atoms with Crippen LogP contribution in [0.5, 0.6) is 0 Å². The van der Waals surface area contributed by atoms with E-state index in [9.17, 15) is 22.4 Å². The van der Waals surface area contributed by atoms with E-state index in [-0.39, 0.29) is 27.1 Å². The molecule has 0 saturated heterocycles. The van der Waals surface area contributed by atoms with Gasteiger partial charge in [0.2, 0.25) is 0 Å². The first-order chi connectivity index (χ1) is 18.3. The molecule has 198 valence electrons. The number of amides is 1. The van der Waals surface area contributed by atoms with E-state index in [0.717, 1.165) is 6.20 Å². The zero-order valence-corrected chi connectivity index (χ0v) is 21.7. The molecule has 0 unspecified atom stereocenters. The molecule has 9 nitrogen and oxygen atoms in total. The van der Waals surface area contributed by atoms with Crippen LogP contribution in [0.3, 0.4) is 0 Å². The Morgan fingerprint density at radius 3 is 2.34 bits per heavy atom. The topological polar surface area (TPSA) is 124 Å². The number of oxime groups is 1. The van der Waals surface area contributed by atoms with Crippen molar-refractivity contribution in [2.45, 2.75) is 54.5 Å². The number of carbonyl (C=O) groups is 2. The lowest BCUT2D eigenvalue weighted by Crippen LogP contribution is -2.25. The number of aromatic nitrogens is 1. The molecule has 2 fully saturated rings. The average Bonchev–Trinajstić information content (AvgIpc) is 3.58. The molecular formula is C26H24FN3O6S2. The van der Waals surface area contributed by atoms with E-state index in [1.807, 2.05) is 6.07 Å². The molecule has 1 N–H and O–H groups in total.